The molecule has 2 aromatic carbocycles. The van der Waals surface area contributed by atoms with Gasteiger partial charge in [-0.25, -0.2) is 9.97 Å². The van der Waals surface area contributed by atoms with E-state index in [1.165, 1.54) is 12.5 Å². The normalized spacial score (nSPS) is 14.1. The first-order chi connectivity index (χ1) is 17.6. The molecule has 1 fully saturated rings. The first kappa shape index (κ1) is 23.5. The number of nitrogens with zero attached hydrogens (tertiary/aromatic N) is 3. The second-order valence-electron chi connectivity index (χ2n) is 9.09. The van der Waals surface area contributed by atoms with Crippen molar-refractivity contribution in [1.29, 1.82) is 0 Å². The molecule has 0 bridgehead atoms. The van der Waals surface area contributed by atoms with Gasteiger partial charge in [0.05, 0.1) is 5.39 Å². The minimum Gasteiger partial charge on any atom is -0.368 e. The lowest BCUT2D eigenvalue weighted by Gasteiger charge is -2.32. The van der Waals surface area contributed by atoms with Crippen LogP contribution in [0.1, 0.15) is 41.7 Å². The van der Waals surface area contributed by atoms with E-state index >= 15 is 0 Å². The molecule has 1 saturated heterocycles. The summed E-state index contributed by atoms with van der Waals surface area (Å²) in [6.45, 7) is 3.89. The van der Waals surface area contributed by atoms with E-state index in [1.54, 1.807) is 0 Å². The third kappa shape index (κ3) is 5.22. The van der Waals surface area contributed by atoms with Crippen molar-refractivity contribution in [3.05, 3.63) is 78.0 Å². The number of aromatic amines is 1. The van der Waals surface area contributed by atoms with Crippen LogP contribution in [0.5, 0.6) is 0 Å². The largest absolute Gasteiger partial charge is 0.368 e. The molecule has 8 nitrogen and oxygen atoms in total. The number of H-pyrrole nitrogens is 1. The van der Waals surface area contributed by atoms with Crippen molar-refractivity contribution in [3.63, 3.8) is 0 Å². The Morgan fingerprint density at radius 2 is 1.67 bits per heavy atom. The molecule has 0 saturated carbocycles. The van der Waals surface area contributed by atoms with Gasteiger partial charge in [-0.15, -0.1) is 0 Å². The third-order valence-corrected chi connectivity index (χ3v) is 6.59. The zero-order valence-electron chi connectivity index (χ0n) is 20.3. The van der Waals surface area contributed by atoms with Crippen molar-refractivity contribution >= 4 is 28.7 Å². The molecular formula is C28H30N6O2. The van der Waals surface area contributed by atoms with Gasteiger partial charge < -0.3 is 20.5 Å². The van der Waals surface area contributed by atoms with Crippen LogP contribution in [0, 0.1) is 0 Å². The van der Waals surface area contributed by atoms with Crippen molar-refractivity contribution in [2.45, 2.75) is 25.7 Å². The SMILES string of the molecule is CC(=O)NCCNc1nc(-c2ccccc2)nc2[nH]c(C(=O)N3CCC(c4ccccc4)CC3)cc12. The number of carbonyl (C=O) groups excluding carboxylic acids is 2. The van der Waals surface area contributed by atoms with Gasteiger partial charge >= 0.3 is 0 Å². The van der Waals surface area contributed by atoms with Gasteiger partial charge in [-0.3, -0.25) is 9.59 Å². The number of carbonyl (C=O) groups is 2. The Hall–Kier alpha value is -4.20. The molecule has 184 valence electrons. The Balaban J connectivity index is 1.37. The maximum atomic E-state index is 13.4. The van der Waals surface area contributed by atoms with E-state index < -0.39 is 0 Å². The number of likely N-dealkylation sites (tertiary alicyclic amines) is 1. The molecule has 5 rings (SSSR count). The third-order valence-electron chi connectivity index (χ3n) is 6.59. The molecule has 3 N–H and O–H groups in total. The molecule has 4 aromatic rings. The molecule has 1 aliphatic rings. The molecule has 2 aromatic heterocycles. The van der Waals surface area contributed by atoms with Crippen LogP contribution < -0.4 is 10.6 Å². The van der Waals surface area contributed by atoms with E-state index in [2.05, 4.69) is 39.9 Å². The van der Waals surface area contributed by atoms with E-state index in [0.717, 1.165) is 36.9 Å². The monoisotopic (exact) mass is 482 g/mol. The van der Waals surface area contributed by atoms with E-state index in [1.807, 2.05) is 47.4 Å². The van der Waals surface area contributed by atoms with Crippen molar-refractivity contribution in [2.24, 2.45) is 0 Å². The average Bonchev–Trinajstić information content (AvgIpc) is 3.36. The van der Waals surface area contributed by atoms with E-state index in [-0.39, 0.29) is 11.8 Å². The second-order valence-corrected chi connectivity index (χ2v) is 9.09. The number of amides is 2. The van der Waals surface area contributed by atoms with Crippen LogP contribution in [0.4, 0.5) is 5.82 Å². The number of rotatable bonds is 7. The number of aromatic nitrogens is 3. The topological polar surface area (TPSA) is 103 Å². The molecule has 36 heavy (non-hydrogen) atoms. The van der Waals surface area contributed by atoms with Gasteiger partial charge in [-0.2, -0.15) is 0 Å². The van der Waals surface area contributed by atoms with Gasteiger partial charge in [0.15, 0.2) is 5.82 Å². The van der Waals surface area contributed by atoms with Crippen LogP contribution in [-0.2, 0) is 4.79 Å². The number of hydrogen-bond acceptors (Lipinski definition) is 5. The van der Waals surface area contributed by atoms with Crippen LogP contribution in [0.15, 0.2) is 66.7 Å². The maximum absolute atomic E-state index is 13.4. The summed E-state index contributed by atoms with van der Waals surface area (Å²) in [6, 6.07) is 22.1. The van der Waals surface area contributed by atoms with Gasteiger partial charge in [0, 0.05) is 38.7 Å². The summed E-state index contributed by atoms with van der Waals surface area (Å²) >= 11 is 0. The van der Waals surface area contributed by atoms with Gasteiger partial charge in [-0.1, -0.05) is 60.7 Å². The highest BCUT2D eigenvalue weighted by molar-refractivity contribution is 6.00. The standard InChI is InChI=1S/C28H30N6O2/c1-19(35)29-14-15-30-26-23-18-24(31-27(23)33-25(32-26)22-10-6-3-7-11-22)28(36)34-16-12-21(13-17-34)20-8-4-2-5-9-20/h2-11,18,21H,12-17H2,1H3,(H,29,35)(H2,30,31,32,33). The van der Waals surface area contributed by atoms with Crippen molar-refractivity contribution < 1.29 is 9.59 Å². The molecule has 0 spiro atoms. The highest BCUT2D eigenvalue weighted by atomic mass is 16.2. The minimum absolute atomic E-state index is 0.0232. The van der Waals surface area contributed by atoms with Crippen molar-refractivity contribution in [3.8, 4) is 11.4 Å². The summed E-state index contributed by atoms with van der Waals surface area (Å²) in [4.78, 5) is 39.2. The molecule has 0 atom stereocenters. The first-order valence-electron chi connectivity index (χ1n) is 12.4. The lowest BCUT2D eigenvalue weighted by Crippen LogP contribution is -2.38. The van der Waals surface area contributed by atoms with E-state index in [0.29, 0.717) is 42.0 Å². The Kier molecular flexibility index (Phi) is 6.93. The van der Waals surface area contributed by atoms with E-state index in [9.17, 15) is 9.59 Å². The average molecular weight is 483 g/mol. The maximum Gasteiger partial charge on any atom is 0.270 e. The summed E-state index contributed by atoms with van der Waals surface area (Å²) in [5.41, 5.74) is 3.34. The number of benzene rings is 2. The fourth-order valence-corrected chi connectivity index (χ4v) is 4.71. The van der Waals surface area contributed by atoms with Gasteiger partial charge in [0.1, 0.15) is 17.2 Å². The number of anilines is 1. The smallest absolute Gasteiger partial charge is 0.270 e. The summed E-state index contributed by atoms with van der Waals surface area (Å²) in [7, 11) is 0. The van der Waals surface area contributed by atoms with Crippen LogP contribution in [0.2, 0.25) is 0 Å². The van der Waals surface area contributed by atoms with Crippen LogP contribution in [0.3, 0.4) is 0 Å². The van der Waals surface area contributed by atoms with Crippen molar-refractivity contribution in [2.75, 3.05) is 31.5 Å². The zero-order valence-corrected chi connectivity index (χ0v) is 20.3. The molecule has 2 amide bonds. The number of fused-ring (bicyclic) bond motifs is 1. The predicted octanol–water partition coefficient (Wildman–Crippen LogP) is 4.19. The zero-order chi connectivity index (χ0) is 24.9. The first-order valence-corrected chi connectivity index (χ1v) is 12.4. The van der Waals surface area contributed by atoms with E-state index in [4.69, 9.17) is 9.97 Å². The molecule has 0 radical (unpaired) electrons. The number of hydrogen-bond donors (Lipinski definition) is 3. The predicted molar refractivity (Wildman–Crippen MR) is 141 cm³/mol. The fraction of sp³-hybridized carbons (Fsp3) is 0.286. The number of nitrogens with one attached hydrogen (secondary N) is 3. The fourth-order valence-electron chi connectivity index (χ4n) is 4.71. The lowest BCUT2D eigenvalue weighted by atomic mass is 9.89. The molecular weight excluding hydrogens is 452 g/mol. The lowest BCUT2D eigenvalue weighted by molar-refractivity contribution is -0.118. The summed E-state index contributed by atoms with van der Waals surface area (Å²) in [6.07, 6.45) is 1.90. The van der Waals surface area contributed by atoms with Gasteiger partial charge in [0.2, 0.25) is 5.91 Å². The summed E-state index contributed by atoms with van der Waals surface area (Å²) in [5.74, 6) is 1.57. The van der Waals surface area contributed by atoms with Crippen LogP contribution in [0.25, 0.3) is 22.4 Å². The highest BCUT2D eigenvalue weighted by Gasteiger charge is 2.26. The van der Waals surface area contributed by atoms with Crippen LogP contribution >= 0.6 is 0 Å². The number of piperidine rings is 1. The Morgan fingerprint density at radius 3 is 2.36 bits per heavy atom. The molecule has 3 heterocycles. The Morgan fingerprint density at radius 1 is 0.972 bits per heavy atom. The Bertz CT molecular complexity index is 1340. The minimum atomic E-state index is -0.0832. The quantitative estimate of drug-likeness (QED) is 0.343. The molecule has 8 heteroatoms. The molecule has 0 unspecified atom stereocenters. The molecule has 0 aliphatic carbocycles. The summed E-state index contributed by atoms with van der Waals surface area (Å²) in [5, 5.41) is 6.83. The summed E-state index contributed by atoms with van der Waals surface area (Å²) < 4.78 is 0. The molecule has 1 aliphatic heterocycles. The van der Waals surface area contributed by atoms with Gasteiger partial charge in [-0.05, 0) is 30.4 Å². The highest BCUT2D eigenvalue weighted by Crippen LogP contribution is 2.30. The van der Waals surface area contributed by atoms with Gasteiger partial charge in [0.25, 0.3) is 5.91 Å². The Labute approximate surface area is 210 Å². The van der Waals surface area contributed by atoms with Crippen molar-refractivity contribution in [1.82, 2.24) is 25.2 Å². The van der Waals surface area contributed by atoms with Crippen LogP contribution in [-0.4, -0.2) is 57.8 Å². The second kappa shape index (κ2) is 10.6.